The van der Waals surface area contributed by atoms with Gasteiger partial charge in [-0.1, -0.05) is 61.6 Å². The van der Waals surface area contributed by atoms with E-state index in [9.17, 15) is 9.90 Å². The SMILES string of the molecule is CC(C)=CCCc1cccc(C(O)(C(=O)NC23CNCC2C3)C2CCCCCC2)c1. The smallest absolute Gasteiger partial charge is 0.257 e. The molecule has 4 nitrogen and oxygen atoms in total. The molecule has 0 aromatic heterocycles. The molecule has 0 spiro atoms. The Morgan fingerprint density at radius 3 is 2.67 bits per heavy atom. The van der Waals surface area contributed by atoms with E-state index in [0.717, 1.165) is 63.6 Å². The summed E-state index contributed by atoms with van der Waals surface area (Å²) in [4.78, 5) is 13.7. The molecule has 4 heteroatoms. The van der Waals surface area contributed by atoms with Crippen LogP contribution in [0.25, 0.3) is 0 Å². The van der Waals surface area contributed by atoms with Crippen LogP contribution in [0.1, 0.15) is 76.3 Å². The number of benzene rings is 1. The van der Waals surface area contributed by atoms with Crippen LogP contribution >= 0.6 is 0 Å². The first kappa shape index (κ1) is 21.6. The van der Waals surface area contributed by atoms with Gasteiger partial charge in [0.1, 0.15) is 0 Å². The third-order valence-corrected chi connectivity index (χ3v) is 7.57. The summed E-state index contributed by atoms with van der Waals surface area (Å²) in [6.45, 7) is 6.04. The van der Waals surface area contributed by atoms with Crippen molar-refractivity contribution < 1.29 is 9.90 Å². The molecule has 3 N–H and O–H groups in total. The maximum Gasteiger partial charge on any atom is 0.257 e. The first-order valence-corrected chi connectivity index (χ1v) is 11.9. The zero-order valence-corrected chi connectivity index (χ0v) is 18.7. The van der Waals surface area contributed by atoms with E-state index in [0.29, 0.717) is 5.92 Å². The highest BCUT2D eigenvalue weighted by Crippen LogP contribution is 2.47. The number of amides is 1. The fourth-order valence-corrected chi connectivity index (χ4v) is 5.59. The van der Waals surface area contributed by atoms with Crippen molar-refractivity contribution in [1.29, 1.82) is 0 Å². The Labute approximate surface area is 181 Å². The van der Waals surface area contributed by atoms with Crippen LogP contribution in [-0.2, 0) is 16.8 Å². The van der Waals surface area contributed by atoms with E-state index in [1.54, 1.807) is 0 Å². The number of rotatable bonds is 7. The molecule has 1 amide bonds. The molecule has 164 valence electrons. The molecule has 0 bridgehead atoms. The molecule has 30 heavy (non-hydrogen) atoms. The maximum absolute atomic E-state index is 13.7. The number of nitrogens with one attached hydrogen (secondary N) is 2. The molecule has 3 unspecified atom stereocenters. The molecule has 1 aromatic rings. The molecular formula is C26H38N2O2. The number of aliphatic hydroxyl groups is 1. The van der Waals surface area contributed by atoms with Gasteiger partial charge < -0.3 is 15.7 Å². The summed E-state index contributed by atoms with van der Waals surface area (Å²) in [6.07, 6.45) is 11.6. The number of fused-ring (bicyclic) bond motifs is 1. The van der Waals surface area contributed by atoms with Crippen LogP contribution in [0.4, 0.5) is 0 Å². The van der Waals surface area contributed by atoms with Gasteiger partial charge in [0, 0.05) is 19.0 Å². The lowest BCUT2D eigenvalue weighted by Crippen LogP contribution is -2.54. The zero-order chi connectivity index (χ0) is 21.2. The minimum absolute atomic E-state index is 0.0176. The average Bonchev–Trinajstić information content (AvgIpc) is 3.37. The Balaban J connectivity index is 1.61. The molecule has 3 fully saturated rings. The Kier molecular flexibility index (Phi) is 6.36. The van der Waals surface area contributed by atoms with Crippen LogP contribution < -0.4 is 10.6 Å². The standard InChI is InChI=1S/C26H38N2O2/c1-19(2)9-7-10-20-11-8-14-22(15-20)26(30,21-12-5-3-4-6-13-21)24(29)28-25-16-23(25)17-27-18-25/h8-9,11,14-15,21,23,27,30H,3-7,10,12-13,16-18H2,1-2H3,(H,28,29). The van der Waals surface area contributed by atoms with Crippen molar-refractivity contribution in [1.82, 2.24) is 10.6 Å². The van der Waals surface area contributed by atoms with Crippen LogP contribution in [0.15, 0.2) is 35.9 Å². The largest absolute Gasteiger partial charge is 0.375 e. The Morgan fingerprint density at radius 2 is 2.03 bits per heavy atom. The Hall–Kier alpha value is -1.65. The van der Waals surface area contributed by atoms with Crippen LogP contribution in [0.5, 0.6) is 0 Å². The van der Waals surface area contributed by atoms with Crippen molar-refractivity contribution in [3.63, 3.8) is 0 Å². The van der Waals surface area contributed by atoms with E-state index >= 15 is 0 Å². The van der Waals surface area contributed by atoms with Crippen molar-refractivity contribution in [2.45, 2.75) is 82.8 Å². The van der Waals surface area contributed by atoms with Gasteiger partial charge in [0.2, 0.25) is 0 Å². The average molecular weight is 411 g/mol. The normalized spacial score (nSPS) is 28.2. The quantitative estimate of drug-likeness (QED) is 0.466. The molecule has 3 atom stereocenters. The van der Waals surface area contributed by atoms with Gasteiger partial charge in [0.25, 0.3) is 5.91 Å². The van der Waals surface area contributed by atoms with E-state index in [2.05, 4.69) is 42.7 Å². The third kappa shape index (κ3) is 4.36. The molecule has 4 rings (SSSR count). The Morgan fingerprint density at radius 1 is 1.27 bits per heavy atom. The molecule has 1 aromatic carbocycles. The van der Waals surface area contributed by atoms with Crippen molar-refractivity contribution >= 4 is 5.91 Å². The van der Waals surface area contributed by atoms with Gasteiger partial charge in [-0.05, 0) is 63.0 Å². The van der Waals surface area contributed by atoms with Crippen LogP contribution in [0.3, 0.4) is 0 Å². The number of hydrogen-bond acceptors (Lipinski definition) is 3. The van der Waals surface area contributed by atoms with Gasteiger partial charge >= 0.3 is 0 Å². The van der Waals surface area contributed by atoms with Crippen LogP contribution in [0, 0.1) is 11.8 Å². The fourth-order valence-electron chi connectivity index (χ4n) is 5.59. The minimum atomic E-state index is -1.44. The highest BCUT2D eigenvalue weighted by molar-refractivity contribution is 5.88. The number of allylic oxidation sites excluding steroid dienone is 2. The topological polar surface area (TPSA) is 61.4 Å². The summed E-state index contributed by atoms with van der Waals surface area (Å²) < 4.78 is 0. The molecule has 1 saturated heterocycles. The molecule has 2 saturated carbocycles. The lowest BCUT2D eigenvalue weighted by Gasteiger charge is -2.36. The van der Waals surface area contributed by atoms with Crippen molar-refractivity contribution in [3.8, 4) is 0 Å². The van der Waals surface area contributed by atoms with Gasteiger partial charge in [-0.3, -0.25) is 4.79 Å². The van der Waals surface area contributed by atoms with Gasteiger partial charge in [-0.2, -0.15) is 0 Å². The van der Waals surface area contributed by atoms with Crippen LogP contribution in [-0.4, -0.2) is 29.6 Å². The second kappa shape index (κ2) is 8.84. The van der Waals surface area contributed by atoms with Crippen LogP contribution in [0.2, 0.25) is 0 Å². The number of hydrogen-bond donors (Lipinski definition) is 3. The molecule has 3 aliphatic rings. The molecule has 2 aliphatic carbocycles. The predicted molar refractivity (Wildman–Crippen MR) is 121 cm³/mol. The van der Waals surface area contributed by atoms with E-state index in [1.807, 2.05) is 12.1 Å². The second-order valence-corrected chi connectivity index (χ2v) is 10.1. The summed E-state index contributed by atoms with van der Waals surface area (Å²) >= 11 is 0. The van der Waals surface area contributed by atoms with Gasteiger partial charge in [0.05, 0.1) is 5.54 Å². The molecule has 0 radical (unpaired) electrons. The van der Waals surface area contributed by atoms with Crippen molar-refractivity contribution in [2.75, 3.05) is 13.1 Å². The predicted octanol–water partition coefficient (Wildman–Crippen LogP) is 4.22. The molecule has 1 aliphatic heterocycles. The summed E-state index contributed by atoms with van der Waals surface area (Å²) in [7, 11) is 0. The third-order valence-electron chi connectivity index (χ3n) is 7.57. The van der Waals surface area contributed by atoms with Crippen molar-refractivity contribution in [3.05, 3.63) is 47.0 Å². The Bertz CT molecular complexity index is 792. The summed E-state index contributed by atoms with van der Waals surface area (Å²) in [5.41, 5.74) is 1.72. The zero-order valence-electron chi connectivity index (χ0n) is 18.7. The number of carbonyl (C=O) groups excluding carboxylic acids is 1. The second-order valence-electron chi connectivity index (χ2n) is 10.1. The summed E-state index contributed by atoms with van der Waals surface area (Å²) in [6, 6.07) is 8.17. The van der Waals surface area contributed by atoms with E-state index in [1.165, 1.54) is 24.0 Å². The monoisotopic (exact) mass is 410 g/mol. The van der Waals surface area contributed by atoms with Crippen molar-refractivity contribution in [2.24, 2.45) is 11.8 Å². The maximum atomic E-state index is 13.7. The van der Waals surface area contributed by atoms with Gasteiger partial charge in [0.15, 0.2) is 5.60 Å². The fraction of sp³-hybridized carbons (Fsp3) is 0.654. The first-order valence-electron chi connectivity index (χ1n) is 11.9. The number of carbonyl (C=O) groups is 1. The van der Waals surface area contributed by atoms with E-state index in [4.69, 9.17) is 0 Å². The minimum Gasteiger partial charge on any atom is -0.375 e. The number of piperidine rings is 1. The lowest BCUT2D eigenvalue weighted by atomic mass is 9.75. The molecule has 1 heterocycles. The first-order chi connectivity index (χ1) is 14.4. The molecular weight excluding hydrogens is 372 g/mol. The lowest BCUT2D eigenvalue weighted by molar-refractivity contribution is -0.149. The van der Waals surface area contributed by atoms with E-state index in [-0.39, 0.29) is 17.4 Å². The van der Waals surface area contributed by atoms with E-state index < -0.39 is 5.60 Å². The highest BCUT2D eigenvalue weighted by atomic mass is 16.3. The highest BCUT2D eigenvalue weighted by Gasteiger charge is 2.60. The van der Waals surface area contributed by atoms with Gasteiger partial charge in [-0.15, -0.1) is 0 Å². The van der Waals surface area contributed by atoms with Gasteiger partial charge in [-0.25, -0.2) is 0 Å². The number of aryl methyl sites for hydroxylation is 1. The summed E-state index contributed by atoms with van der Waals surface area (Å²) in [5.74, 6) is 0.327. The summed E-state index contributed by atoms with van der Waals surface area (Å²) in [5, 5.41) is 18.8.